The van der Waals surface area contributed by atoms with E-state index in [-0.39, 0.29) is 5.92 Å². The Labute approximate surface area is 102 Å². The van der Waals surface area contributed by atoms with Gasteiger partial charge in [-0.05, 0) is 36.9 Å². The Hall–Kier alpha value is -0.960. The molecule has 1 N–H and O–H groups in total. The Morgan fingerprint density at radius 2 is 1.76 bits per heavy atom. The number of aryl methyl sites for hydroxylation is 1. The smallest absolute Gasteiger partial charge is 0.162 e. The third-order valence-electron chi connectivity index (χ3n) is 2.97. The molecular formula is C14H21F2N. The summed E-state index contributed by atoms with van der Waals surface area (Å²) in [6.07, 6.45) is 0.803. The number of halogens is 2. The van der Waals surface area contributed by atoms with Gasteiger partial charge in [-0.1, -0.05) is 32.9 Å². The molecule has 17 heavy (non-hydrogen) atoms. The van der Waals surface area contributed by atoms with Crippen LogP contribution in [0.5, 0.6) is 0 Å². The van der Waals surface area contributed by atoms with E-state index in [2.05, 4.69) is 19.2 Å². The van der Waals surface area contributed by atoms with Crippen molar-refractivity contribution in [1.82, 2.24) is 5.32 Å². The molecule has 0 bridgehead atoms. The molecule has 0 aliphatic heterocycles. The van der Waals surface area contributed by atoms with Gasteiger partial charge in [-0.2, -0.15) is 0 Å². The lowest BCUT2D eigenvalue weighted by molar-refractivity contribution is 0.475. The zero-order chi connectivity index (χ0) is 13.0. The fraction of sp³-hybridized carbons (Fsp3) is 0.571. The first-order valence-electron chi connectivity index (χ1n) is 6.11. The molecule has 0 saturated carbocycles. The van der Waals surface area contributed by atoms with Crippen LogP contribution in [0.4, 0.5) is 8.78 Å². The van der Waals surface area contributed by atoms with Crippen LogP contribution < -0.4 is 5.32 Å². The van der Waals surface area contributed by atoms with Crippen LogP contribution in [0.3, 0.4) is 0 Å². The number of hydrogen-bond donors (Lipinski definition) is 1. The van der Waals surface area contributed by atoms with E-state index >= 15 is 0 Å². The van der Waals surface area contributed by atoms with Crippen LogP contribution >= 0.6 is 0 Å². The highest BCUT2D eigenvalue weighted by Crippen LogP contribution is 2.25. The average Bonchev–Trinajstić information content (AvgIpc) is 2.25. The van der Waals surface area contributed by atoms with Gasteiger partial charge in [0, 0.05) is 6.04 Å². The molecule has 3 heteroatoms. The zero-order valence-electron chi connectivity index (χ0n) is 11.0. The van der Waals surface area contributed by atoms with Gasteiger partial charge in [0.05, 0.1) is 0 Å². The van der Waals surface area contributed by atoms with Crippen LogP contribution in [0.1, 0.15) is 44.2 Å². The minimum absolute atomic E-state index is 0.0244. The summed E-state index contributed by atoms with van der Waals surface area (Å²) in [5.41, 5.74) is 0.831. The first-order valence-corrected chi connectivity index (χ1v) is 6.11. The molecule has 0 amide bonds. The van der Waals surface area contributed by atoms with E-state index in [0.29, 0.717) is 17.2 Å². The highest BCUT2D eigenvalue weighted by molar-refractivity contribution is 5.27. The van der Waals surface area contributed by atoms with Gasteiger partial charge in [-0.15, -0.1) is 0 Å². The molecule has 0 aromatic heterocycles. The lowest BCUT2D eigenvalue weighted by Gasteiger charge is -2.15. The Morgan fingerprint density at radius 1 is 1.12 bits per heavy atom. The van der Waals surface area contributed by atoms with E-state index in [4.69, 9.17) is 0 Å². The van der Waals surface area contributed by atoms with E-state index in [1.807, 2.05) is 6.92 Å². The maximum Gasteiger partial charge on any atom is 0.162 e. The Balaban J connectivity index is 2.69. The molecular weight excluding hydrogens is 220 g/mol. The number of benzene rings is 1. The van der Waals surface area contributed by atoms with Crippen LogP contribution in [0.15, 0.2) is 12.1 Å². The topological polar surface area (TPSA) is 12.0 Å². The molecule has 0 saturated heterocycles. The first-order chi connectivity index (χ1) is 7.93. The summed E-state index contributed by atoms with van der Waals surface area (Å²) >= 11 is 0. The van der Waals surface area contributed by atoms with Gasteiger partial charge in [0.25, 0.3) is 0 Å². The largest absolute Gasteiger partial charge is 0.315 e. The van der Waals surface area contributed by atoms with E-state index in [1.54, 1.807) is 19.1 Å². The van der Waals surface area contributed by atoms with Gasteiger partial charge < -0.3 is 5.32 Å². The quantitative estimate of drug-likeness (QED) is 0.827. The predicted octanol–water partition coefficient (Wildman–Crippen LogP) is 3.76. The summed E-state index contributed by atoms with van der Waals surface area (Å²) in [5, 5.41) is 3.28. The summed E-state index contributed by atoms with van der Waals surface area (Å²) in [5.74, 6) is -1.38. The fourth-order valence-corrected chi connectivity index (χ4v) is 1.79. The van der Waals surface area contributed by atoms with Crippen LogP contribution in [0.25, 0.3) is 0 Å². The second kappa shape index (κ2) is 6.10. The minimum Gasteiger partial charge on any atom is -0.315 e. The average molecular weight is 241 g/mol. The maximum atomic E-state index is 13.7. The monoisotopic (exact) mass is 241 g/mol. The van der Waals surface area contributed by atoms with E-state index < -0.39 is 11.6 Å². The summed E-state index contributed by atoms with van der Waals surface area (Å²) in [4.78, 5) is 0. The molecule has 0 aliphatic rings. The Kier molecular flexibility index (Phi) is 5.06. The molecule has 1 aromatic carbocycles. The van der Waals surface area contributed by atoms with Crippen molar-refractivity contribution in [3.05, 3.63) is 34.9 Å². The summed E-state index contributed by atoms with van der Waals surface area (Å²) in [6.45, 7) is 8.45. The summed E-state index contributed by atoms with van der Waals surface area (Å²) < 4.78 is 27.1. The van der Waals surface area contributed by atoms with Crippen LogP contribution in [-0.4, -0.2) is 12.6 Å². The number of nitrogens with one attached hydrogen (secondary N) is 1. The molecule has 0 fully saturated rings. The van der Waals surface area contributed by atoms with Crippen molar-refractivity contribution in [3.8, 4) is 0 Å². The number of rotatable bonds is 5. The van der Waals surface area contributed by atoms with Crippen molar-refractivity contribution < 1.29 is 8.78 Å². The van der Waals surface area contributed by atoms with Gasteiger partial charge in [0.2, 0.25) is 0 Å². The van der Waals surface area contributed by atoms with Crippen molar-refractivity contribution in [2.75, 3.05) is 6.54 Å². The van der Waals surface area contributed by atoms with Crippen molar-refractivity contribution >= 4 is 0 Å². The highest BCUT2D eigenvalue weighted by atomic mass is 19.2. The van der Waals surface area contributed by atoms with Gasteiger partial charge >= 0.3 is 0 Å². The van der Waals surface area contributed by atoms with E-state index in [0.717, 1.165) is 13.0 Å². The Morgan fingerprint density at radius 3 is 2.35 bits per heavy atom. The van der Waals surface area contributed by atoms with Crippen molar-refractivity contribution in [3.63, 3.8) is 0 Å². The second-order valence-electron chi connectivity index (χ2n) is 4.90. The molecule has 0 spiro atoms. The lowest BCUT2D eigenvalue weighted by Crippen LogP contribution is -2.24. The van der Waals surface area contributed by atoms with Gasteiger partial charge in [-0.25, -0.2) is 8.78 Å². The summed E-state index contributed by atoms with van der Waals surface area (Å²) in [6, 6.07) is 3.75. The highest BCUT2D eigenvalue weighted by Gasteiger charge is 2.15. The van der Waals surface area contributed by atoms with Crippen LogP contribution in [0, 0.1) is 18.6 Å². The fourth-order valence-electron chi connectivity index (χ4n) is 1.79. The molecule has 0 heterocycles. The maximum absolute atomic E-state index is 13.7. The van der Waals surface area contributed by atoms with Crippen LogP contribution in [0.2, 0.25) is 0 Å². The molecule has 1 unspecified atom stereocenters. The molecule has 1 nitrogen and oxygen atoms in total. The second-order valence-corrected chi connectivity index (χ2v) is 4.90. The Bertz CT molecular complexity index is 375. The van der Waals surface area contributed by atoms with Crippen LogP contribution in [-0.2, 0) is 0 Å². The minimum atomic E-state index is -0.717. The molecule has 0 radical (unpaired) electrons. The van der Waals surface area contributed by atoms with Crippen molar-refractivity contribution in [1.29, 1.82) is 0 Å². The molecule has 0 aliphatic carbocycles. The van der Waals surface area contributed by atoms with Gasteiger partial charge in [0.15, 0.2) is 11.6 Å². The molecule has 1 rings (SSSR count). The third-order valence-corrected chi connectivity index (χ3v) is 2.97. The SMILES string of the molecule is Cc1ccc(C(C)CCNC(C)C)c(F)c1F. The first kappa shape index (κ1) is 14.1. The molecule has 1 aromatic rings. The van der Waals surface area contributed by atoms with Crippen molar-refractivity contribution in [2.24, 2.45) is 0 Å². The standard InChI is InChI=1S/C14H21F2N/c1-9(2)17-8-7-10(3)12-6-5-11(4)13(15)14(12)16/h5-6,9-10,17H,7-8H2,1-4H3. The molecule has 1 atom stereocenters. The van der Waals surface area contributed by atoms with Crippen molar-refractivity contribution in [2.45, 2.75) is 46.1 Å². The third kappa shape index (κ3) is 3.77. The normalized spacial score (nSPS) is 13.1. The van der Waals surface area contributed by atoms with Gasteiger partial charge in [-0.3, -0.25) is 0 Å². The zero-order valence-corrected chi connectivity index (χ0v) is 11.0. The predicted molar refractivity (Wildman–Crippen MR) is 67.3 cm³/mol. The lowest BCUT2D eigenvalue weighted by atomic mass is 9.96. The summed E-state index contributed by atoms with van der Waals surface area (Å²) in [7, 11) is 0. The van der Waals surface area contributed by atoms with E-state index in [1.165, 1.54) is 0 Å². The van der Waals surface area contributed by atoms with E-state index in [9.17, 15) is 8.78 Å². The number of hydrogen-bond acceptors (Lipinski definition) is 1. The van der Waals surface area contributed by atoms with Gasteiger partial charge in [0.1, 0.15) is 0 Å². The molecule has 96 valence electrons.